The van der Waals surface area contributed by atoms with E-state index >= 15 is 0 Å². The van der Waals surface area contributed by atoms with Gasteiger partial charge in [0.05, 0.1) is 0 Å². The molecule has 1 aliphatic carbocycles. The number of rotatable bonds is 2. The summed E-state index contributed by atoms with van der Waals surface area (Å²) in [5.41, 5.74) is 2.83. The fourth-order valence-electron chi connectivity index (χ4n) is 2.77. The fraction of sp³-hybridized carbons (Fsp3) is 0.222. The highest BCUT2D eigenvalue weighted by Crippen LogP contribution is 2.25. The molecule has 23 heavy (non-hydrogen) atoms. The Kier molecular flexibility index (Phi) is 4.69. The van der Waals surface area contributed by atoms with E-state index in [1.54, 1.807) is 30.3 Å². The van der Waals surface area contributed by atoms with E-state index in [2.05, 4.69) is 5.32 Å². The molecule has 0 saturated carbocycles. The molecular formula is C18H15Cl2NO2. The van der Waals surface area contributed by atoms with Gasteiger partial charge in [-0.05, 0) is 61.2 Å². The van der Waals surface area contributed by atoms with Crippen LogP contribution in [-0.2, 0) is 6.42 Å². The van der Waals surface area contributed by atoms with Crippen LogP contribution >= 0.6 is 23.2 Å². The minimum absolute atomic E-state index is 0.178. The van der Waals surface area contributed by atoms with Crippen LogP contribution in [0.5, 0.6) is 0 Å². The van der Waals surface area contributed by atoms with Crippen molar-refractivity contribution in [2.45, 2.75) is 25.7 Å². The molecule has 0 unspecified atom stereocenters. The van der Waals surface area contributed by atoms with Crippen molar-refractivity contribution in [3.63, 3.8) is 0 Å². The van der Waals surface area contributed by atoms with Crippen LogP contribution in [0.1, 0.15) is 45.5 Å². The first-order chi connectivity index (χ1) is 11.0. The standard InChI is InChI=1S/C18H15Cl2NO2/c19-13-7-12(8-14(20)10-13)18(23)21-15-5-6-16-11(9-15)3-1-2-4-17(16)22/h5-10H,1-4H2,(H,21,23). The van der Waals surface area contributed by atoms with Gasteiger partial charge in [0.15, 0.2) is 5.78 Å². The molecule has 0 aromatic heterocycles. The Morgan fingerprint density at radius 2 is 1.65 bits per heavy atom. The van der Waals surface area contributed by atoms with Crippen LogP contribution in [-0.4, -0.2) is 11.7 Å². The number of hydrogen-bond donors (Lipinski definition) is 1. The zero-order valence-electron chi connectivity index (χ0n) is 12.4. The van der Waals surface area contributed by atoms with Crippen LogP contribution in [0.2, 0.25) is 10.0 Å². The summed E-state index contributed by atoms with van der Waals surface area (Å²) < 4.78 is 0. The average Bonchev–Trinajstić information content (AvgIpc) is 2.68. The van der Waals surface area contributed by atoms with Crippen molar-refractivity contribution in [1.82, 2.24) is 0 Å². The van der Waals surface area contributed by atoms with Crippen molar-refractivity contribution in [3.05, 3.63) is 63.1 Å². The first kappa shape index (κ1) is 16.0. The van der Waals surface area contributed by atoms with E-state index in [0.717, 1.165) is 30.4 Å². The van der Waals surface area contributed by atoms with Gasteiger partial charge >= 0.3 is 0 Å². The number of aryl methyl sites for hydroxylation is 1. The molecule has 1 N–H and O–H groups in total. The quantitative estimate of drug-likeness (QED) is 0.763. The molecule has 1 amide bonds. The molecule has 2 aromatic carbocycles. The number of Topliss-reactive ketones (excluding diaryl/α,β-unsaturated/α-hetero) is 1. The van der Waals surface area contributed by atoms with E-state index in [4.69, 9.17) is 23.2 Å². The second-order valence-electron chi connectivity index (χ2n) is 5.61. The van der Waals surface area contributed by atoms with Gasteiger partial charge in [-0.25, -0.2) is 0 Å². The van der Waals surface area contributed by atoms with Crippen LogP contribution < -0.4 is 5.32 Å². The van der Waals surface area contributed by atoms with Gasteiger partial charge < -0.3 is 5.32 Å². The molecule has 3 rings (SSSR count). The molecular weight excluding hydrogens is 333 g/mol. The van der Waals surface area contributed by atoms with Gasteiger partial charge in [0, 0.05) is 33.3 Å². The van der Waals surface area contributed by atoms with E-state index in [-0.39, 0.29) is 11.7 Å². The third kappa shape index (κ3) is 3.74. The Morgan fingerprint density at radius 3 is 2.39 bits per heavy atom. The number of fused-ring (bicyclic) bond motifs is 1. The van der Waals surface area contributed by atoms with E-state index in [0.29, 0.717) is 27.7 Å². The van der Waals surface area contributed by atoms with Crippen molar-refractivity contribution >= 4 is 40.6 Å². The van der Waals surface area contributed by atoms with Gasteiger partial charge in [0.2, 0.25) is 0 Å². The number of amides is 1. The molecule has 0 heterocycles. The molecule has 0 aliphatic heterocycles. The van der Waals surface area contributed by atoms with Gasteiger partial charge in [-0.15, -0.1) is 0 Å². The highest BCUT2D eigenvalue weighted by molar-refractivity contribution is 6.35. The highest BCUT2D eigenvalue weighted by Gasteiger charge is 2.16. The Hall–Kier alpha value is -1.84. The van der Waals surface area contributed by atoms with Crippen LogP contribution in [0, 0.1) is 0 Å². The summed E-state index contributed by atoms with van der Waals surface area (Å²) in [6.45, 7) is 0. The minimum atomic E-state index is -0.283. The smallest absolute Gasteiger partial charge is 0.255 e. The normalized spacial score (nSPS) is 14.1. The number of nitrogens with one attached hydrogen (secondary N) is 1. The number of carbonyl (C=O) groups is 2. The molecule has 3 nitrogen and oxygen atoms in total. The largest absolute Gasteiger partial charge is 0.322 e. The number of ketones is 1. The molecule has 0 fully saturated rings. The van der Waals surface area contributed by atoms with E-state index in [9.17, 15) is 9.59 Å². The summed E-state index contributed by atoms with van der Waals surface area (Å²) in [7, 11) is 0. The summed E-state index contributed by atoms with van der Waals surface area (Å²) in [5.74, 6) is -0.105. The van der Waals surface area contributed by atoms with Crippen LogP contribution in [0.25, 0.3) is 0 Å². The lowest BCUT2D eigenvalue weighted by molar-refractivity contribution is 0.0981. The van der Waals surface area contributed by atoms with Gasteiger partial charge in [-0.3, -0.25) is 9.59 Å². The minimum Gasteiger partial charge on any atom is -0.322 e. The molecule has 0 spiro atoms. The Balaban J connectivity index is 1.84. The first-order valence-corrected chi connectivity index (χ1v) is 8.22. The second-order valence-corrected chi connectivity index (χ2v) is 6.49. The lowest BCUT2D eigenvalue weighted by atomic mass is 10.0. The number of hydrogen-bond acceptors (Lipinski definition) is 2. The molecule has 118 valence electrons. The number of benzene rings is 2. The Morgan fingerprint density at radius 1 is 0.957 bits per heavy atom. The van der Waals surface area contributed by atoms with Crippen LogP contribution in [0.15, 0.2) is 36.4 Å². The van der Waals surface area contributed by atoms with Crippen LogP contribution in [0.4, 0.5) is 5.69 Å². The number of carbonyl (C=O) groups excluding carboxylic acids is 2. The lowest BCUT2D eigenvalue weighted by Crippen LogP contribution is -2.12. The topological polar surface area (TPSA) is 46.2 Å². The molecule has 0 atom stereocenters. The fourth-order valence-corrected chi connectivity index (χ4v) is 3.30. The van der Waals surface area contributed by atoms with Gasteiger partial charge in [-0.1, -0.05) is 23.2 Å². The van der Waals surface area contributed by atoms with E-state index in [1.165, 1.54) is 0 Å². The maximum Gasteiger partial charge on any atom is 0.255 e. The Bertz CT molecular complexity index is 766. The van der Waals surface area contributed by atoms with E-state index in [1.807, 2.05) is 6.07 Å². The summed E-state index contributed by atoms with van der Waals surface area (Å²) in [6, 6.07) is 10.1. The molecule has 5 heteroatoms. The Labute approximate surface area is 144 Å². The molecule has 0 bridgehead atoms. The molecule has 0 radical (unpaired) electrons. The number of halogens is 2. The van der Waals surface area contributed by atoms with Crippen LogP contribution in [0.3, 0.4) is 0 Å². The summed E-state index contributed by atoms with van der Waals surface area (Å²) in [6.07, 6.45) is 3.35. The van der Waals surface area contributed by atoms with Crippen molar-refractivity contribution in [1.29, 1.82) is 0 Å². The summed E-state index contributed by atoms with van der Waals surface area (Å²) >= 11 is 11.8. The first-order valence-electron chi connectivity index (χ1n) is 7.46. The zero-order chi connectivity index (χ0) is 16.4. The maximum atomic E-state index is 12.3. The van der Waals surface area contributed by atoms with Crippen molar-refractivity contribution < 1.29 is 9.59 Å². The van der Waals surface area contributed by atoms with Crippen molar-refractivity contribution in [2.24, 2.45) is 0 Å². The van der Waals surface area contributed by atoms with Crippen molar-refractivity contribution in [2.75, 3.05) is 5.32 Å². The summed E-state index contributed by atoms with van der Waals surface area (Å²) in [5, 5.41) is 3.65. The van der Waals surface area contributed by atoms with E-state index < -0.39 is 0 Å². The monoisotopic (exact) mass is 347 g/mol. The predicted octanol–water partition coefficient (Wildman–Crippen LogP) is 5.15. The molecule has 0 saturated heterocycles. The zero-order valence-corrected chi connectivity index (χ0v) is 13.9. The average molecular weight is 348 g/mol. The highest BCUT2D eigenvalue weighted by atomic mass is 35.5. The van der Waals surface area contributed by atoms with Gasteiger partial charge in [0.1, 0.15) is 0 Å². The molecule has 1 aliphatic rings. The maximum absolute atomic E-state index is 12.3. The third-order valence-electron chi connectivity index (χ3n) is 3.89. The third-order valence-corrected chi connectivity index (χ3v) is 4.32. The summed E-state index contributed by atoms with van der Waals surface area (Å²) in [4.78, 5) is 24.3. The number of anilines is 1. The predicted molar refractivity (Wildman–Crippen MR) is 92.7 cm³/mol. The van der Waals surface area contributed by atoms with Gasteiger partial charge in [0.25, 0.3) is 5.91 Å². The molecule has 2 aromatic rings. The second kappa shape index (κ2) is 6.73. The van der Waals surface area contributed by atoms with Gasteiger partial charge in [-0.2, -0.15) is 0 Å². The van der Waals surface area contributed by atoms with Crippen molar-refractivity contribution in [3.8, 4) is 0 Å². The lowest BCUT2D eigenvalue weighted by Gasteiger charge is -2.10. The SMILES string of the molecule is O=C(Nc1ccc2c(c1)CCCCC2=O)c1cc(Cl)cc(Cl)c1.